The zero-order chi connectivity index (χ0) is 11.5. The Bertz CT molecular complexity index is 446. The quantitative estimate of drug-likeness (QED) is 0.713. The van der Waals surface area contributed by atoms with Crippen molar-refractivity contribution < 1.29 is 14.3 Å². The van der Waals surface area contributed by atoms with Crippen LogP contribution in [0.4, 0.5) is 0 Å². The van der Waals surface area contributed by atoms with Crippen molar-refractivity contribution in [2.24, 2.45) is 0 Å². The van der Waals surface area contributed by atoms with Gasteiger partial charge >= 0.3 is 5.97 Å². The summed E-state index contributed by atoms with van der Waals surface area (Å²) < 4.78 is 10.1. The molecule has 0 atom stereocenters. The highest BCUT2D eigenvalue weighted by atomic mass is 16.5. The molecule has 0 saturated carbocycles. The van der Waals surface area contributed by atoms with Crippen LogP contribution in [-0.2, 0) is 20.7 Å². The zero-order valence-corrected chi connectivity index (χ0v) is 9.45. The lowest BCUT2D eigenvalue weighted by Crippen LogP contribution is -2.14. The van der Waals surface area contributed by atoms with E-state index in [4.69, 9.17) is 9.47 Å². The van der Waals surface area contributed by atoms with Crippen molar-refractivity contribution in [1.29, 1.82) is 0 Å². The Morgan fingerprint density at radius 2 is 1.94 bits per heavy atom. The Morgan fingerprint density at radius 3 is 2.62 bits per heavy atom. The van der Waals surface area contributed by atoms with Gasteiger partial charge in [-0.2, -0.15) is 0 Å². The lowest BCUT2D eigenvalue weighted by Gasteiger charge is -2.20. The first-order valence-electron chi connectivity index (χ1n) is 5.21. The van der Waals surface area contributed by atoms with E-state index in [-0.39, 0.29) is 5.97 Å². The van der Waals surface area contributed by atoms with Crippen LogP contribution in [0.1, 0.15) is 17.5 Å². The number of carbonyl (C=O) groups is 1. The molecule has 0 fully saturated rings. The number of fused-ring (bicyclic) bond motifs is 1. The molecule has 0 heterocycles. The minimum Gasteiger partial charge on any atom is -0.500 e. The van der Waals surface area contributed by atoms with Crippen LogP contribution in [0.2, 0.25) is 0 Å². The van der Waals surface area contributed by atoms with Crippen molar-refractivity contribution in [1.82, 2.24) is 0 Å². The van der Waals surface area contributed by atoms with Gasteiger partial charge in [0.2, 0.25) is 0 Å². The third-order valence-corrected chi connectivity index (χ3v) is 2.82. The molecule has 84 valence electrons. The number of benzene rings is 1. The van der Waals surface area contributed by atoms with Gasteiger partial charge in [-0.3, -0.25) is 0 Å². The monoisotopic (exact) mass is 218 g/mol. The summed E-state index contributed by atoms with van der Waals surface area (Å²) in [5, 5.41) is 0. The minimum atomic E-state index is -0.330. The van der Waals surface area contributed by atoms with Gasteiger partial charge in [-0.1, -0.05) is 24.3 Å². The first-order chi connectivity index (χ1) is 7.77. The fraction of sp³-hybridized carbons (Fsp3) is 0.308. The van der Waals surface area contributed by atoms with Crippen LogP contribution in [0.15, 0.2) is 30.0 Å². The molecule has 3 heteroatoms. The topological polar surface area (TPSA) is 35.5 Å². The van der Waals surface area contributed by atoms with Gasteiger partial charge in [0, 0.05) is 6.42 Å². The SMILES string of the molecule is COC(=O)C1=C(OC)CCc2ccccc21. The smallest absolute Gasteiger partial charge is 0.341 e. The van der Waals surface area contributed by atoms with Gasteiger partial charge in [-0.05, 0) is 17.5 Å². The molecule has 0 bridgehead atoms. The van der Waals surface area contributed by atoms with Gasteiger partial charge in [0.15, 0.2) is 0 Å². The van der Waals surface area contributed by atoms with Gasteiger partial charge in [-0.15, -0.1) is 0 Å². The predicted molar refractivity (Wildman–Crippen MR) is 60.7 cm³/mol. The summed E-state index contributed by atoms with van der Waals surface area (Å²) in [5.74, 6) is 0.384. The number of hydrogen-bond acceptors (Lipinski definition) is 3. The first kappa shape index (κ1) is 10.7. The molecule has 1 aromatic carbocycles. The van der Waals surface area contributed by atoms with Crippen molar-refractivity contribution in [2.45, 2.75) is 12.8 Å². The molecule has 1 aromatic rings. The van der Waals surface area contributed by atoms with Gasteiger partial charge in [0.25, 0.3) is 0 Å². The average Bonchev–Trinajstić information content (AvgIpc) is 2.36. The highest BCUT2D eigenvalue weighted by molar-refractivity contribution is 6.17. The molecule has 1 aliphatic carbocycles. The zero-order valence-electron chi connectivity index (χ0n) is 9.45. The largest absolute Gasteiger partial charge is 0.500 e. The Morgan fingerprint density at radius 1 is 1.19 bits per heavy atom. The van der Waals surface area contributed by atoms with Gasteiger partial charge in [0.1, 0.15) is 11.3 Å². The third-order valence-electron chi connectivity index (χ3n) is 2.82. The molecule has 1 aliphatic rings. The minimum absolute atomic E-state index is 0.330. The highest BCUT2D eigenvalue weighted by Gasteiger charge is 2.25. The third kappa shape index (κ3) is 1.69. The van der Waals surface area contributed by atoms with E-state index in [1.54, 1.807) is 7.11 Å². The average molecular weight is 218 g/mol. The van der Waals surface area contributed by atoms with Crippen LogP contribution < -0.4 is 0 Å². The summed E-state index contributed by atoms with van der Waals surface area (Å²) in [6.07, 6.45) is 1.65. The molecule has 0 unspecified atom stereocenters. The molecule has 2 rings (SSSR count). The fourth-order valence-corrected chi connectivity index (χ4v) is 2.04. The van der Waals surface area contributed by atoms with E-state index in [9.17, 15) is 4.79 Å². The molecule has 16 heavy (non-hydrogen) atoms. The van der Waals surface area contributed by atoms with Crippen LogP contribution in [0.3, 0.4) is 0 Å². The molecular formula is C13H14O3. The number of ether oxygens (including phenoxy) is 2. The Hall–Kier alpha value is -1.77. The lowest BCUT2D eigenvalue weighted by atomic mass is 9.89. The van der Waals surface area contributed by atoms with Crippen LogP contribution in [0.25, 0.3) is 5.57 Å². The van der Waals surface area contributed by atoms with E-state index in [0.29, 0.717) is 11.3 Å². The summed E-state index contributed by atoms with van der Waals surface area (Å²) in [7, 11) is 2.98. The highest BCUT2D eigenvalue weighted by Crippen LogP contribution is 2.32. The molecular weight excluding hydrogens is 204 g/mol. The van der Waals surface area contributed by atoms with Gasteiger partial charge in [-0.25, -0.2) is 4.79 Å². The van der Waals surface area contributed by atoms with Crippen molar-refractivity contribution >= 4 is 11.5 Å². The van der Waals surface area contributed by atoms with Crippen LogP contribution in [0, 0.1) is 0 Å². The molecule has 0 spiro atoms. The summed E-state index contributed by atoms with van der Waals surface area (Å²) in [4.78, 5) is 11.7. The van der Waals surface area contributed by atoms with Crippen molar-refractivity contribution in [3.05, 3.63) is 41.2 Å². The van der Waals surface area contributed by atoms with E-state index in [1.807, 2.05) is 24.3 Å². The predicted octanol–water partition coefficient (Wildman–Crippen LogP) is 2.16. The molecule has 0 aromatic heterocycles. The Labute approximate surface area is 94.7 Å². The van der Waals surface area contributed by atoms with E-state index in [2.05, 4.69) is 0 Å². The summed E-state index contributed by atoms with van der Waals surface area (Å²) in [6.45, 7) is 0. The maximum Gasteiger partial charge on any atom is 0.341 e. The maximum absolute atomic E-state index is 11.7. The second-order valence-corrected chi connectivity index (χ2v) is 3.65. The number of methoxy groups -OCH3 is 2. The number of aryl methyl sites for hydroxylation is 1. The van der Waals surface area contributed by atoms with Crippen LogP contribution >= 0.6 is 0 Å². The second-order valence-electron chi connectivity index (χ2n) is 3.65. The number of carbonyl (C=O) groups excluding carboxylic acids is 1. The first-order valence-corrected chi connectivity index (χ1v) is 5.21. The van der Waals surface area contributed by atoms with Crippen molar-refractivity contribution in [2.75, 3.05) is 14.2 Å². The standard InChI is InChI=1S/C13H14O3/c1-15-11-8-7-9-5-3-4-6-10(9)12(11)13(14)16-2/h3-6H,7-8H2,1-2H3. The summed E-state index contributed by atoms with van der Waals surface area (Å²) >= 11 is 0. The molecule has 0 N–H and O–H groups in total. The maximum atomic E-state index is 11.7. The molecule has 0 aliphatic heterocycles. The van der Waals surface area contributed by atoms with E-state index in [0.717, 1.165) is 18.4 Å². The van der Waals surface area contributed by atoms with Crippen LogP contribution in [-0.4, -0.2) is 20.2 Å². The lowest BCUT2D eigenvalue weighted by molar-refractivity contribution is -0.133. The van der Waals surface area contributed by atoms with E-state index in [1.165, 1.54) is 12.7 Å². The normalized spacial score (nSPS) is 14.4. The van der Waals surface area contributed by atoms with Gasteiger partial charge < -0.3 is 9.47 Å². The number of hydrogen-bond donors (Lipinski definition) is 0. The molecule has 0 amide bonds. The molecule has 0 saturated heterocycles. The summed E-state index contributed by atoms with van der Waals surface area (Å²) in [5.41, 5.74) is 2.66. The Kier molecular flexibility index (Phi) is 2.95. The number of esters is 1. The van der Waals surface area contributed by atoms with E-state index < -0.39 is 0 Å². The van der Waals surface area contributed by atoms with Crippen molar-refractivity contribution in [3.63, 3.8) is 0 Å². The molecule has 3 nitrogen and oxygen atoms in total. The Balaban J connectivity index is 2.56. The van der Waals surface area contributed by atoms with Crippen LogP contribution in [0.5, 0.6) is 0 Å². The number of rotatable bonds is 2. The van der Waals surface area contributed by atoms with Gasteiger partial charge in [0.05, 0.1) is 14.2 Å². The van der Waals surface area contributed by atoms with Crippen molar-refractivity contribution in [3.8, 4) is 0 Å². The second kappa shape index (κ2) is 4.39. The fourth-order valence-electron chi connectivity index (χ4n) is 2.04. The van der Waals surface area contributed by atoms with E-state index >= 15 is 0 Å². The molecule has 0 radical (unpaired) electrons. The number of allylic oxidation sites excluding steroid dienone is 1. The summed E-state index contributed by atoms with van der Waals surface area (Å²) in [6, 6.07) is 7.86.